The fourth-order valence-corrected chi connectivity index (χ4v) is 3.85. The zero-order valence-electron chi connectivity index (χ0n) is 16.5. The highest BCUT2D eigenvalue weighted by molar-refractivity contribution is 7.87. The molecule has 0 fully saturated rings. The second-order valence-electron chi connectivity index (χ2n) is 6.64. The molecule has 0 aromatic heterocycles. The molecule has 3 aromatic carbocycles. The minimum Gasteiger partial charge on any atom is -0.468 e. The first-order chi connectivity index (χ1) is 14.5. The summed E-state index contributed by atoms with van der Waals surface area (Å²) in [4.78, 5) is 12.2. The standard InChI is InChI=1S/C23H23NO5S/c1-28-23(25)22(24-17-19-8-4-2-5-9-19)16-18-12-14-20(15-13-18)29-30(26,27)21-10-6-3-7-11-21/h2-15,22,24H,16-17H2,1H3. The molecule has 0 aliphatic rings. The molecule has 0 heterocycles. The van der Waals surface area contributed by atoms with Gasteiger partial charge in [-0.2, -0.15) is 8.42 Å². The van der Waals surface area contributed by atoms with Gasteiger partial charge < -0.3 is 14.2 Å². The van der Waals surface area contributed by atoms with Crippen molar-refractivity contribution in [2.75, 3.05) is 7.11 Å². The van der Waals surface area contributed by atoms with Gasteiger partial charge in [-0.15, -0.1) is 0 Å². The lowest BCUT2D eigenvalue weighted by Crippen LogP contribution is -2.39. The number of ether oxygens (including phenoxy) is 1. The molecule has 0 aliphatic carbocycles. The van der Waals surface area contributed by atoms with Crippen LogP contribution in [0.2, 0.25) is 0 Å². The normalized spacial score (nSPS) is 12.2. The average molecular weight is 426 g/mol. The monoisotopic (exact) mass is 425 g/mol. The number of methoxy groups -OCH3 is 1. The van der Waals surface area contributed by atoms with Gasteiger partial charge in [0.05, 0.1) is 7.11 Å². The van der Waals surface area contributed by atoms with E-state index in [4.69, 9.17) is 8.92 Å². The fraction of sp³-hybridized carbons (Fsp3) is 0.174. The topological polar surface area (TPSA) is 81.7 Å². The Bertz CT molecular complexity index is 1050. The maximum atomic E-state index is 12.3. The van der Waals surface area contributed by atoms with Gasteiger partial charge in [0, 0.05) is 6.54 Å². The summed E-state index contributed by atoms with van der Waals surface area (Å²) in [5.41, 5.74) is 1.90. The van der Waals surface area contributed by atoms with Crippen molar-refractivity contribution in [2.45, 2.75) is 23.9 Å². The first-order valence-electron chi connectivity index (χ1n) is 9.41. The van der Waals surface area contributed by atoms with Gasteiger partial charge in [-0.05, 0) is 41.8 Å². The van der Waals surface area contributed by atoms with E-state index in [9.17, 15) is 13.2 Å². The zero-order chi connectivity index (χ0) is 21.4. The molecule has 156 valence electrons. The highest BCUT2D eigenvalue weighted by atomic mass is 32.2. The molecule has 30 heavy (non-hydrogen) atoms. The molecule has 0 aliphatic heterocycles. The third-order valence-corrected chi connectivity index (χ3v) is 5.74. The third-order valence-electron chi connectivity index (χ3n) is 4.48. The van der Waals surface area contributed by atoms with Gasteiger partial charge in [0.1, 0.15) is 16.7 Å². The van der Waals surface area contributed by atoms with Crippen LogP contribution in [-0.2, 0) is 32.6 Å². The predicted octanol–water partition coefficient (Wildman–Crippen LogP) is 3.33. The average Bonchev–Trinajstić information content (AvgIpc) is 2.78. The molecular weight excluding hydrogens is 402 g/mol. The molecule has 0 saturated carbocycles. The van der Waals surface area contributed by atoms with Crippen LogP contribution in [0.1, 0.15) is 11.1 Å². The Kier molecular flexibility index (Phi) is 7.21. The van der Waals surface area contributed by atoms with Gasteiger partial charge in [-0.1, -0.05) is 60.7 Å². The SMILES string of the molecule is COC(=O)C(Cc1ccc(OS(=O)(=O)c2ccccc2)cc1)NCc1ccccc1. The second kappa shape index (κ2) is 10.0. The molecule has 1 unspecified atom stereocenters. The molecule has 7 heteroatoms. The van der Waals surface area contributed by atoms with Crippen LogP contribution >= 0.6 is 0 Å². The van der Waals surface area contributed by atoms with Crippen LogP contribution in [0.3, 0.4) is 0 Å². The molecule has 0 saturated heterocycles. The van der Waals surface area contributed by atoms with Crippen molar-refractivity contribution in [3.8, 4) is 5.75 Å². The van der Waals surface area contributed by atoms with Gasteiger partial charge >= 0.3 is 16.1 Å². The second-order valence-corrected chi connectivity index (χ2v) is 8.19. The smallest absolute Gasteiger partial charge is 0.339 e. The number of hydrogen-bond acceptors (Lipinski definition) is 6. The fourth-order valence-electron chi connectivity index (χ4n) is 2.90. The summed E-state index contributed by atoms with van der Waals surface area (Å²) in [5, 5.41) is 3.21. The quantitative estimate of drug-likeness (QED) is 0.418. The van der Waals surface area contributed by atoms with Gasteiger partial charge in [0.15, 0.2) is 0 Å². The molecule has 6 nitrogen and oxygen atoms in total. The largest absolute Gasteiger partial charge is 0.468 e. The summed E-state index contributed by atoms with van der Waals surface area (Å²) in [6.07, 6.45) is 0.394. The predicted molar refractivity (Wildman–Crippen MR) is 113 cm³/mol. The number of esters is 1. The molecule has 0 bridgehead atoms. The van der Waals surface area contributed by atoms with E-state index < -0.39 is 16.2 Å². The summed E-state index contributed by atoms with van der Waals surface area (Å²) in [5.74, 6) is -0.160. The van der Waals surface area contributed by atoms with E-state index in [-0.39, 0.29) is 16.6 Å². The maximum Gasteiger partial charge on any atom is 0.339 e. The number of carbonyl (C=O) groups is 1. The van der Waals surface area contributed by atoms with E-state index in [1.165, 1.54) is 19.2 Å². The number of carbonyl (C=O) groups excluding carboxylic acids is 1. The first-order valence-corrected chi connectivity index (χ1v) is 10.8. The Hall–Kier alpha value is -3.16. The number of hydrogen-bond donors (Lipinski definition) is 1. The third kappa shape index (κ3) is 5.92. The van der Waals surface area contributed by atoms with Gasteiger partial charge in [-0.3, -0.25) is 4.79 Å². The minimum atomic E-state index is -3.89. The van der Waals surface area contributed by atoms with Crippen LogP contribution in [0.25, 0.3) is 0 Å². The van der Waals surface area contributed by atoms with Gasteiger partial charge in [-0.25, -0.2) is 0 Å². The Morgan fingerprint density at radius 2 is 1.47 bits per heavy atom. The van der Waals surface area contributed by atoms with Gasteiger partial charge in [0.25, 0.3) is 0 Å². The molecule has 1 N–H and O–H groups in total. The lowest BCUT2D eigenvalue weighted by Gasteiger charge is -2.17. The lowest BCUT2D eigenvalue weighted by molar-refractivity contribution is -0.143. The first kappa shape index (κ1) is 21.5. The van der Waals surface area contributed by atoms with E-state index >= 15 is 0 Å². The number of benzene rings is 3. The van der Waals surface area contributed by atoms with Crippen LogP contribution < -0.4 is 9.50 Å². The van der Waals surface area contributed by atoms with E-state index in [1.807, 2.05) is 30.3 Å². The van der Waals surface area contributed by atoms with Crippen molar-refractivity contribution in [2.24, 2.45) is 0 Å². The molecule has 0 spiro atoms. The lowest BCUT2D eigenvalue weighted by atomic mass is 10.1. The highest BCUT2D eigenvalue weighted by Gasteiger charge is 2.20. The van der Waals surface area contributed by atoms with Crippen molar-refractivity contribution in [3.05, 3.63) is 96.1 Å². The van der Waals surface area contributed by atoms with Crippen LogP contribution in [0, 0.1) is 0 Å². The highest BCUT2D eigenvalue weighted by Crippen LogP contribution is 2.19. The Morgan fingerprint density at radius 1 is 0.867 bits per heavy atom. The molecule has 1 atom stereocenters. The Balaban J connectivity index is 1.65. The summed E-state index contributed by atoms with van der Waals surface area (Å²) >= 11 is 0. The van der Waals surface area contributed by atoms with Crippen molar-refractivity contribution < 1.29 is 22.1 Å². The van der Waals surface area contributed by atoms with Crippen molar-refractivity contribution >= 4 is 16.1 Å². The molecular formula is C23H23NO5S. The Labute approximate surface area is 176 Å². The zero-order valence-corrected chi connectivity index (χ0v) is 17.3. The van der Waals surface area contributed by atoms with Crippen molar-refractivity contribution in [3.63, 3.8) is 0 Å². The van der Waals surface area contributed by atoms with Crippen LogP contribution in [-0.4, -0.2) is 27.5 Å². The summed E-state index contributed by atoms with van der Waals surface area (Å²) in [6, 6.07) is 23.8. The van der Waals surface area contributed by atoms with Crippen LogP contribution in [0.5, 0.6) is 5.75 Å². The summed E-state index contributed by atoms with van der Waals surface area (Å²) in [6.45, 7) is 0.525. The molecule has 0 radical (unpaired) electrons. The maximum absolute atomic E-state index is 12.3. The van der Waals surface area contributed by atoms with Crippen molar-refractivity contribution in [1.29, 1.82) is 0 Å². The van der Waals surface area contributed by atoms with Gasteiger partial charge in [0.2, 0.25) is 0 Å². The molecule has 3 aromatic rings. The summed E-state index contributed by atoms with van der Waals surface area (Å²) in [7, 11) is -2.54. The number of rotatable bonds is 9. The number of nitrogens with one attached hydrogen (secondary N) is 1. The van der Waals surface area contributed by atoms with E-state index in [1.54, 1.807) is 42.5 Å². The Morgan fingerprint density at radius 3 is 2.07 bits per heavy atom. The minimum absolute atomic E-state index is 0.0879. The van der Waals surface area contributed by atoms with E-state index in [2.05, 4.69) is 5.32 Å². The molecule has 3 rings (SSSR count). The van der Waals surface area contributed by atoms with Crippen LogP contribution in [0.15, 0.2) is 89.8 Å². The van der Waals surface area contributed by atoms with Crippen molar-refractivity contribution in [1.82, 2.24) is 5.32 Å². The van der Waals surface area contributed by atoms with E-state index in [0.29, 0.717) is 13.0 Å². The van der Waals surface area contributed by atoms with Crippen LogP contribution in [0.4, 0.5) is 0 Å². The van der Waals surface area contributed by atoms with E-state index in [0.717, 1.165) is 11.1 Å². The molecule has 0 amide bonds. The summed E-state index contributed by atoms with van der Waals surface area (Å²) < 4.78 is 34.7.